The number of hydrogen-bond acceptors (Lipinski definition) is 4. The molecule has 0 saturated heterocycles. The minimum Gasteiger partial charge on any atom is -0.491 e. The number of rotatable bonds is 8. The standard InChI is InChI=1S/C21H27N3O3/c1-14(2)23-21(26)16-6-5-7-18(12-16)22-13-20(25)24-17-8-10-19(11-9-17)27-15(3)4/h5-12,14-15,22H,13H2,1-4H3,(H,23,26)(H,24,25). The van der Waals surface area contributed by atoms with E-state index in [1.807, 2.05) is 45.9 Å². The number of ether oxygens (including phenoxy) is 1. The van der Waals surface area contributed by atoms with Gasteiger partial charge in [0.2, 0.25) is 5.91 Å². The first-order valence-corrected chi connectivity index (χ1v) is 9.05. The minimum absolute atomic E-state index is 0.0669. The third-order valence-electron chi connectivity index (χ3n) is 3.51. The Labute approximate surface area is 160 Å². The monoisotopic (exact) mass is 369 g/mol. The highest BCUT2D eigenvalue weighted by Gasteiger charge is 2.08. The van der Waals surface area contributed by atoms with E-state index in [0.717, 1.165) is 5.75 Å². The Balaban J connectivity index is 1.87. The lowest BCUT2D eigenvalue weighted by Crippen LogP contribution is -2.30. The molecule has 0 atom stereocenters. The predicted octanol–water partition coefficient (Wildman–Crippen LogP) is 3.66. The third kappa shape index (κ3) is 7.01. The molecule has 3 N–H and O–H groups in total. The zero-order chi connectivity index (χ0) is 19.8. The van der Waals surface area contributed by atoms with Crippen molar-refractivity contribution in [3.05, 3.63) is 54.1 Å². The van der Waals surface area contributed by atoms with Gasteiger partial charge in [-0.05, 0) is 70.2 Å². The van der Waals surface area contributed by atoms with E-state index >= 15 is 0 Å². The Hall–Kier alpha value is -3.02. The second-order valence-corrected chi connectivity index (χ2v) is 6.80. The fraction of sp³-hybridized carbons (Fsp3) is 0.333. The topological polar surface area (TPSA) is 79.5 Å². The second-order valence-electron chi connectivity index (χ2n) is 6.80. The quantitative estimate of drug-likeness (QED) is 0.663. The van der Waals surface area contributed by atoms with Crippen LogP contribution in [0.3, 0.4) is 0 Å². The molecule has 2 amide bonds. The summed E-state index contributed by atoms with van der Waals surface area (Å²) < 4.78 is 5.58. The second kappa shape index (κ2) is 9.62. The van der Waals surface area contributed by atoms with Crippen LogP contribution in [0.25, 0.3) is 0 Å². The summed E-state index contributed by atoms with van der Waals surface area (Å²) >= 11 is 0. The van der Waals surface area contributed by atoms with Gasteiger partial charge in [0.05, 0.1) is 12.6 Å². The van der Waals surface area contributed by atoms with Gasteiger partial charge in [-0.1, -0.05) is 6.07 Å². The van der Waals surface area contributed by atoms with Crippen LogP contribution < -0.4 is 20.7 Å². The fourth-order valence-corrected chi connectivity index (χ4v) is 2.39. The summed E-state index contributed by atoms with van der Waals surface area (Å²) in [6.07, 6.45) is 0.105. The molecular formula is C21H27N3O3. The van der Waals surface area contributed by atoms with E-state index < -0.39 is 0 Å². The van der Waals surface area contributed by atoms with Gasteiger partial charge < -0.3 is 20.7 Å². The molecule has 6 nitrogen and oxygen atoms in total. The average molecular weight is 369 g/mol. The maximum absolute atomic E-state index is 12.1. The number of anilines is 2. The van der Waals surface area contributed by atoms with Crippen LogP contribution in [0.15, 0.2) is 48.5 Å². The van der Waals surface area contributed by atoms with E-state index in [1.165, 1.54) is 0 Å². The summed E-state index contributed by atoms with van der Waals surface area (Å²) in [4.78, 5) is 24.2. The Morgan fingerprint density at radius 3 is 2.30 bits per heavy atom. The van der Waals surface area contributed by atoms with Gasteiger partial charge in [0.1, 0.15) is 5.75 Å². The van der Waals surface area contributed by atoms with Gasteiger partial charge in [0.15, 0.2) is 0 Å². The molecule has 2 aromatic rings. The zero-order valence-electron chi connectivity index (χ0n) is 16.2. The van der Waals surface area contributed by atoms with Gasteiger partial charge in [-0.25, -0.2) is 0 Å². The van der Waals surface area contributed by atoms with Crippen molar-refractivity contribution in [2.45, 2.75) is 39.8 Å². The first-order chi connectivity index (χ1) is 12.8. The normalized spacial score (nSPS) is 10.6. The summed E-state index contributed by atoms with van der Waals surface area (Å²) in [5, 5.41) is 8.70. The number of carbonyl (C=O) groups excluding carboxylic acids is 2. The largest absolute Gasteiger partial charge is 0.491 e. The van der Waals surface area contributed by atoms with Crippen LogP contribution in [0, 0.1) is 0 Å². The first-order valence-electron chi connectivity index (χ1n) is 9.05. The summed E-state index contributed by atoms with van der Waals surface area (Å²) in [5.41, 5.74) is 1.96. The number of benzene rings is 2. The van der Waals surface area contributed by atoms with Gasteiger partial charge in [0, 0.05) is 23.0 Å². The van der Waals surface area contributed by atoms with Gasteiger partial charge in [-0.2, -0.15) is 0 Å². The average Bonchev–Trinajstić information content (AvgIpc) is 2.61. The van der Waals surface area contributed by atoms with Gasteiger partial charge in [-0.3, -0.25) is 9.59 Å². The third-order valence-corrected chi connectivity index (χ3v) is 3.51. The molecule has 0 radical (unpaired) electrons. The maximum atomic E-state index is 12.1. The smallest absolute Gasteiger partial charge is 0.251 e. The summed E-state index contributed by atoms with van der Waals surface area (Å²) in [7, 11) is 0. The van der Waals surface area contributed by atoms with Crippen LogP contribution in [0.5, 0.6) is 5.75 Å². The molecule has 0 bridgehead atoms. The van der Waals surface area contributed by atoms with E-state index in [9.17, 15) is 9.59 Å². The molecule has 0 aliphatic rings. The maximum Gasteiger partial charge on any atom is 0.251 e. The lowest BCUT2D eigenvalue weighted by atomic mass is 10.1. The molecule has 0 aromatic heterocycles. The van der Waals surface area contributed by atoms with E-state index in [2.05, 4.69) is 16.0 Å². The fourth-order valence-electron chi connectivity index (χ4n) is 2.39. The van der Waals surface area contributed by atoms with E-state index in [4.69, 9.17) is 4.74 Å². The lowest BCUT2D eigenvalue weighted by Gasteiger charge is -2.12. The first kappa shape index (κ1) is 20.3. The van der Waals surface area contributed by atoms with E-state index in [-0.39, 0.29) is 30.5 Å². The Morgan fingerprint density at radius 2 is 1.67 bits per heavy atom. The molecule has 0 saturated carbocycles. The molecule has 27 heavy (non-hydrogen) atoms. The van der Waals surface area contributed by atoms with Crippen molar-refractivity contribution in [3.8, 4) is 5.75 Å². The van der Waals surface area contributed by atoms with Gasteiger partial charge in [0.25, 0.3) is 5.91 Å². The molecule has 2 rings (SSSR count). The van der Waals surface area contributed by atoms with Crippen LogP contribution in [0.2, 0.25) is 0 Å². The number of amides is 2. The summed E-state index contributed by atoms with van der Waals surface area (Å²) in [5.74, 6) is 0.448. The molecule has 0 fully saturated rings. The molecule has 0 spiro atoms. The number of hydrogen-bond donors (Lipinski definition) is 3. The molecular weight excluding hydrogens is 342 g/mol. The van der Waals surface area contributed by atoms with Crippen LogP contribution in [-0.2, 0) is 4.79 Å². The SMILES string of the molecule is CC(C)NC(=O)c1cccc(NCC(=O)Nc2ccc(OC(C)C)cc2)c1. The molecule has 0 unspecified atom stereocenters. The van der Waals surface area contributed by atoms with E-state index in [1.54, 1.807) is 30.3 Å². The molecule has 0 aliphatic carbocycles. The highest BCUT2D eigenvalue weighted by molar-refractivity contribution is 5.96. The lowest BCUT2D eigenvalue weighted by molar-refractivity contribution is -0.114. The van der Waals surface area contributed by atoms with Crippen molar-refractivity contribution in [1.29, 1.82) is 0 Å². The number of nitrogens with one attached hydrogen (secondary N) is 3. The van der Waals surface area contributed by atoms with Crippen molar-refractivity contribution < 1.29 is 14.3 Å². The van der Waals surface area contributed by atoms with Crippen molar-refractivity contribution in [2.24, 2.45) is 0 Å². The van der Waals surface area contributed by atoms with Crippen LogP contribution in [-0.4, -0.2) is 30.5 Å². The summed E-state index contributed by atoms with van der Waals surface area (Å²) in [6.45, 7) is 7.84. The highest BCUT2D eigenvalue weighted by Crippen LogP contribution is 2.17. The van der Waals surface area contributed by atoms with E-state index in [0.29, 0.717) is 16.9 Å². The summed E-state index contributed by atoms with van der Waals surface area (Å²) in [6, 6.07) is 14.4. The minimum atomic E-state index is -0.176. The molecule has 6 heteroatoms. The van der Waals surface area contributed by atoms with Crippen LogP contribution >= 0.6 is 0 Å². The molecule has 2 aromatic carbocycles. The van der Waals surface area contributed by atoms with Crippen LogP contribution in [0.1, 0.15) is 38.1 Å². The van der Waals surface area contributed by atoms with Gasteiger partial charge in [-0.15, -0.1) is 0 Å². The van der Waals surface area contributed by atoms with Gasteiger partial charge >= 0.3 is 0 Å². The van der Waals surface area contributed by atoms with Crippen molar-refractivity contribution in [2.75, 3.05) is 17.2 Å². The Bertz CT molecular complexity index is 770. The van der Waals surface area contributed by atoms with Crippen molar-refractivity contribution in [1.82, 2.24) is 5.32 Å². The Kier molecular flexibility index (Phi) is 7.23. The predicted molar refractivity (Wildman–Crippen MR) is 108 cm³/mol. The molecule has 0 heterocycles. The Morgan fingerprint density at radius 1 is 0.963 bits per heavy atom. The highest BCUT2D eigenvalue weighted by atomic mass is 16.5. The zero-order valence-corrected chi connectivity index (χ0v) is 16.2. The van der Waals surface area contributed by atoms with Crippen molar-refractivity contribution >= 4 is 23.2 Å². The number of carbonyl (C=O) groups is 2. The molecule has 0 aliphatic heterocycles. The molecule has 144 valence electrons. The van der Waals surface area contributed by atoms with Crippen LogP contribution in [0.4, 0.5) is 11.4 Å². The van der Waals surface area contributed by atoms with Crippen molar-refractivity contribution in [3.63, 3.8) is 0 Å².